The summed E-state index contributed by atoms with van der Waals surface area (Å²) in [5.74, 6) is 0.0937. The fourth-order valence-electron chi connectivity index (χ4n) is 1.28. The van der Waals surface area contributed by atoms with Crippen molar-refractivity contribution in [3.63, 3.8) is 0 Å². The highest BCUT2D eigenvalue weighted by Crippen LogP contribution is 2.32. The molecule has 1 aromatic carbocycles. The average Bonchev–Trinajstić information content (AvgIpc) is 2.22. The third kappa shape index (κ3) is 2.07. The molecule has 0 atom stereocenters. The van der Waals surface area contributed by atoms with Crippen LogP contribution < -0.4 is 4.74 Å². The lowest BCUT2D eigenvalue weighted by molar-refractivity contribution is -0.0502. The number of pyridine rings is 1. The molecule has 0 aliphatic heterocycles. The predicted molar refractivity (Wildman–Crippen MR) is 56.1 cm³/mol. The number of benzene rings is 1. The number of ether oxygens (including phenoxy) is 1. The van der Waals surface area contributed by atoms with Crippen LogP contribution in [-0.2, 0) is 0 Å². The average molecular weight is 274 g/mol. The smallest absolute Gasteiger partial charge is 0.387 e. The van der Waals surface area contributed by atoms with Crippen LogP contribution in [0.15, 0.2) is 34.9 Å². The van der Waals surface area contributed by atoms with E-state index in [0.29, 0.717) is 9.99 Å². The van der Waals surface area contributed by atoms with Gasteiger partial charge in [0, 0.05) is 11.6 Å². The zero-order valence-electron chi connectivity index (χ0n) is 7.45. The minimum absolute atomic E-state index is 0.0937. The molecule has 1 heterocycles. The van der Waals surface area contributed by atoms with Crippen molar-refractivity contribution < 1.29 is 13.5 Å². The Bertz CT molecular complexity index is 490. The molecule has 0 fully saturated rings. The first-order valence-corrected chi connectivity index (χ1v) is 4.96. The molecule has 5 heteroatoms. The van der Waals surface area contributed by atoms with Crippen LogP contribution in [0, 0.1) is 0 Å². The minimum Gasteiger partial charge on any atom is -0.434 e. The molecule has 0 saturated heterocycles. The Morgan fingerprint density at radius 1 is 1.27 bits per heavy atom. The SMILES string of the molecule is FC(F)Oc1ccc2cccnc2c1Br. The first kappa shape index (κ1) is 10.3. The third-order valence-corrected chi connectivity index (χ3v) is 2.66. The van der Waals surface area contributed by atoms with Gasteiger partial charge in [0.05, 0.1) is 9.99 Å². The van der Waals surface area contributed by atoms with Crippen LogP contribution in [0.5, 0.6) is 5.75 Å². The van der Waals surface area contributed by atoms with E-state index in [1.165, 1.54) is 6.07 Å². The maximum atomic E-state index is 12.0. The molecule has 0 bridgehead atoms. The summed E-state index contributed by atoms with van der Waals surface area (Å²) in [6.45, 7) is -2.83. The van der Waals surface area contributed by atoms with Gasteiger partial charge in [0.25, 0.3) is 0 Å². The molecule has 0 N–H and O–H groups in total. The quantitative estimate of drug-likeness (QED) is 0.834. The molecule has 0 unspecified atom stereocenters. The molecule has 2 nitrogen and oxygen atoms in total. The first-order valence-electron chi connectivity index (χ1n) is 4.16. The van der Waals surface area contributed by atoms with Gasteiger partial charge in [-0.05, 0) is 34.1 Å². The normalized spacial score (nSPS) is 10.9. The van der Waals surface area contributed by atoms with Crippen LogP contribution in [0.2, 0.25) is 0 Å². The molecule has 0 amide bonds. The van der Waals surface area contributed by atoms with Crippen LogP contribution in [0.25, 0.3) is 10.9 Å². The van der Waals surface area contributed by atoms with Crippen LogP contribution in [0.1, 0.15) is 0 Å². The van der Waals surface area contributed by atoms with Crippen LogP contribution >= 0.6 is 15.9 Å². The van der Waals surface area contributed by atoms with Gasteiger partial charge < -0.3 is 4.74 Å². The Morgan fingerprint density at radius 2 is 2.07 bits per heavy atom. The van der Waals surface area contributed by atoms with Gasteiger partial charge in [-0.3, -0.25) is 4.98 Å². The number of halogens is 3. The van der Waals surface area contributed by atoms with E-state index >= 15 is 0 Å². The fraction of sp³-hybridized carbons (Fsp3) is 0.100. The van der Waals surface area contributed by atoms with Crippen molar-refractivity contribution in [2.75, 3.05) is 0 Å². The number of hydrogen-bond acceptors (Lipinski definition) is 2. The zero-order valence-corrected chi connectivity index (χ0v) is 9.04. The number of aromatic nitrogens is 1. The Labute approximate surface area is 93.0 Å². The summed E-state index contributed by atoms with van der Waals surface area (Å²) in [6.07, 6.45) is 1.60. The van der Waals surface area contributed by atoms with Gasteiger partial charge in [0.15, 0.2) is 0 Å². The van der Waals surface area contributed by atoms with Gasteiger partial charge in [-0.15, -0.1) is 0 Å². The van der Waals surface area contributed by atoms with Crippen molar-refractivity contribution in [2.45, 2.75) is 6.61 Å². The van der Waals surface area contributed by atoms with Gasteiger partial charge in [0.2, 0.25) is 0 Å². The standard InChI is InChI=1S/C10H6BrF2NO/c11-8-7(15-10(12)13)4-3-6-2-1-5-14-9(6)8/h1-5,10H. The third-order valence-electron chi connectivity index (χ3n) is 1.89. The summed E-state index contributed by atoms with van der Waals surface area (Å²) in [5.41, 5.74) is 0.607. The van der Waals surface area contributed by atoms with Crippen LogP contribution in [0.3, 0.4) is 0 Å². The minimum atomic E-state index is -2.83. The van der Waals surface area contributed by atoms with Gasteiger partial charge in [-0.25, -0.2) is 0 Å². The lowest BCUT2D eigenvalue weighted by atomic mass is 10.2. The van der Waals surface area contributed by atoms with E-state index in [4.69, 9.17) is 0 Å². The Morgan fingerprint density at radius 3 is 2.80 bits per heavy atom. The highest BCUT2D eigenvalue weighted by molar-refractivity contribution is 9.10. The molecule has 1 aromatic heterocycles. The largest absolute Gasteiger partial charge is 0.434 e. The van der Waals surface area contributed by atoms with Crippen LogP contribution in [-0.4, -0.2) is 11.6 Å². The topological polar surface area (TPSA) is 22.1 Å². The number of fused-ring (bicyclic) bond motifs is 1. The van der Waals surface area contributed by atoms with Gasteiger partial charge >= 0.3 is 6.61 Å². The van der Waals surface area contributed by atoms with E-state index in [0.717, 1.165) is 5.39 Å². The molecule has 2 rings (SSSR count). The van der Waals surface area contributed by atoms with E-state index in [1.807, 2.05) is 6.07 Å². The van der Waals surface area contributed by atoms with E-state index in [-0.39, 0.29) is 5.75 Å². The molecule has 0 aliphatic rings. The highest BCUT2D eigenvalue weighted by atomic mass is 79.9. The second kappa shape index (κ2) is 4.10. The monoisotopic (exact) mass is 273 g/mol. The van der Waals surface area contributed by atoms with E-state index < -0.39 is 6.61 Å². The summed E-state index contributed by atoms with van der Waals surface area (Å²) >= 11 is 3.19. The maximum Gasteiger partial charge on any atom is 0.387 e. The number of alkyl halides is 2. The lowest BCUT2D eigenvalue weighted by Gasteiger charge is -2.08. The van der Waals surface area contributed by atoms with E-state index in [2.05, 4.69) is 25.7 Å². The second-order valence-electron chi connectivity index (χ2n) is 2.83. The number of rotatable bonds is 2. The summed E-state index contributed by atoms with van der Waals surface area (Å²) < 4.78 is 28.9. The maximum absolute atomic E-state index is 12.0. The molecule has 78 valence electrons. The summed E-state index contributed by atoms with van der Waals surface area (Å²) in [5, 5.41) is 0.867. The van der Waals surface area contributed by atoms with Crippen molar-refractivity contribution in [3.8, 4) is 5.75 Å². The molecular weight excluding hydrogens is 268 g/mol. The van der Waals surface area contributed by atoms with Gasteiger partial charge in [-0.2, -0.15) is 8.78 Å². The number of hydrogen-bond donors (Lipinski definition) is 0. The highest BCUT2D eigenvalue weighted by Gasteiger charge is 2.11. The van der Waals surface area contributed by atoms with Gasteiger partial charge in [0.1, 0.15) is 5.75 Å². The van der Waals surface area contributed by atoms with Crippen molar-refractivity contribution in [2.24, 2.45) is 0 Å². The molecule has 0 aliphatic carbocycles. The van der Waals surface area contributed by atoms with Gasteiger partial charge in [-0.1, -0.05) is 6.07 Å². The Hall–Kier alpha value is -1.23. The van der Waals surface area contributed by atoms with E-state index in [9.17, 15) is 8.78 Å². The van der Waals surface area contributed by atoms with Crippen molar-refractivity contribution in [1.29, 1.82) is 0 Å². The van der Waals surface area contributed by atoms with E-state index in [1.54, 1.807) is 18.3 Å². The summed E-state index contributed by atoms with van der Waals surface area (Å²) in [6, 6.07) is 6.80. The van der Waals surface area contributed by atoms with Crippen LogP contribution in [0.4, 0.5) is 8.78 Å². The molecule has 15 heavy (non-hydrogen) atoms. The van der Waals surface area contributed by atoms with Crippen molar-refractivity contribution in [1.82, 2.24) is 4.98 Å². The molecule has 2 aromatic rings. The molecule has 0 saturated carbocycles. The van der Waals surface area contributed by atoms with Crippen molar-refractivity contribution >= 4 is 26.8 Å². The molecule has 0 spiro atoms. The van der Waals surface area contributed by atoms with Crippen molar-refractivity contribution in [3.05, 3.63) is 34.9 Å². The zero-order chi connectivity index (χ0) is 10.8. The molecular formula is C10H6BrF2NO. The Balaban J connectivity index is 2.55. The predicted octanol–water partition coefficient (Wildman–Crippen LogP) is 3.60. The Kier molecular flexibility index (Phi) is 2.81. The number of nitrogens with zero attached hydrogens (tertiary/aromatic N) is 1. The fourth-order valence-corrected chi connectivity index (χ4v) is 1.83. The summed E-state index contributed by atoms with van der Waals surface area (Å²) in [7, 11) is 0. The second-order valence-corrected chi connectivity index (χ2v) is 3.62. The summed E-state index contributed by atoms with van der Waals surface area (Å²) in [4.78, 5) is 4.08. The molecule has 0 radical (unpaired) electrons. The lowest BCUT2D eigenvalue weighted by Crippen LogP contribution is -2.02. The first-order chi connectivity index (χ1) is 7.18.